The zero-order valence-corrected chi connectivity index (χ0v) is 19.1. The maximum atomic E-state index is 13.1. The van der Waals surface area contributed by atoms with Gasteiger partial charge in [0.1, 0.15) is 6.04 Å². The van der Waals surface area contributed by atoms with Crippen molar-refractivity contribution >= 4 is 28.8 Å². The summed E-state index contributed by atoms with van der Waals surface area (Å²) < 4.78 is 6.91. The lowest BCUT2D eigenvalue weighted by molar-refractivity contribution is -0.137. The van der Waals surface area contributed by atoms with E-state index in [1.54, 1.807) is 16.5 Å². The number of amidine groups is 1. The van der Waals surface area contributed by atoms with E-state index in [9.17, 15) is 9.59 Å². The number of rotatable bonds is 4. The minimum atomic E-state index is -0.682. The molecule has 2 aliphatic heterocycles. The van der Waals surface area contributed by atoms with E-state index in [1.807, 2.05) is 66.9 Å². The minimum absolute atomic E-state index is 0.0714. The summed E-state index contributed by atoms with van der Waals surface area (Å²) in [7, 11) is 1.34. The second-order valence-electron chi connectivity index (χ2n) is 7.73. The second-order valence-corrected chi connectivity index (χ2v) is 8.79. The lowest BCUT2D eigenvalue weighted by atomic mass is 9.92. The van der Waals surface area contributed by atoms with Crippen LogP contribution in [-0.2, 0) is 14.3 Å². The van der Waals surface area contributed by atoms with Crippen LogP contribution < -0.4 is 0 Å². The molecule has 0 saturated carbocycles. The molecule has 3 heterocycles. The van der Waals surface area contributed by atoms with Crippen LogP contribution >= 0.6 is 11.8 Å². The van der Waals surface area contributed by atoms with Gasteiger partial charge >= 0.3 is 5.97 Å². The molecule has 1 fully saturated rings. The minimum Gasteiger partial charge on any atom is -0.466 e. The first-order valence-corrected chi connectivity index (χ1v) is 11.6. The maximum Gasteiger partial charge on any atom is 0.338 e. The molecule has 1 atom stereocenters. The van der Waals surface area contributed by atoms with Gasteiger partial charge in [0, 0.05) is 29.5 Å². The van der Waals surface area contributed by atoms with Crippen LogP contribution in [0.4, 0.5) is 0 Å². The van der Waals surface area contributed by atoms with E-state index in [2.05, 4.69) is 4.99 Å². The number of esters is 1. The number of ether oxygens (including phenoxy) is 1. The van der Waals surface area contributed by atoms with Crippen molar-refractivity contribution in [2.75, 3.05) is 12.9 Å². The Labute approximate surface area is 195 Å². The topological polar surface area (TPSA) is 76.8 Å². The third kappa shape index (κ3) is 3.76. The second kappa shape index (κ2) is 8.71. The Morgan fingerprint density at radius 1 is 1.09 bits per heavy atom. The molecule has 166 valence electrons. The molecule has 0 aliphatic carbocycles. The number of carbonyl (C=O) groups excluding carboxylic acids is 2. The summed E-state index contributed by atoms with van der Waals surface area (Å²) in [6.07, 6.45) is 2.27. The predicted octanol–water partition coefficient (Wildman–Crippen LogP) is 4.36. The van der Waals surface area contributed by atoms with Gasteiger partial charge in [-0.05, 0) is 19.1 Å². The first-order chi connectivity index (χ1) is 16.1. The van der Waals surface area contributed by atoms with Gasteiger partial charge < -0.3 is 4.74 Å². The van der Waals surface area contributed by atoms with Gasteiger partial charge in [-0.25, -0.2) is 14.5 Å². The standard InChI is InChI=1S/C25H22N4O3S/c1-16-21(24(31)32-2)23(29-20(30)13-14-33-25(29)26-16)19-15-28(18-11-7-4-8-12-18)27-22(19)17-9-5-3-6-10-17/h3-12,15,23H,13-14H2,1-2H3. The van der Waals surface area contributed by atoms with E-state index in [1.165, 1.54) is 18.9 Å². The van der Waals surface area contributed by atoms with Crippen molar-refractivity contribution in [2.24, 2.45) is 4.99 Å². The van der Waals surface area contributed by atoms with Gasteiger partial charge in [0.2, 0.25) is 5.91 Å². The highest BCUT2D eigenvalue weighted by Gasteiger charge is 2.43. The van der Waals surface area contributed by atoms with Crippen molar-refractivity contribution in [3.63, 3.8) is 0 Å². The molecule has 33 heavy (non-hydrogen) atoms. The van der Waals surface area contributed by atoms with E-state index in [0.29, 0.717) is 34.3 Å². The Balaban J connectivity index is 1.76. The lowest BCUT2D eigenvalue weighted by Crippen LogP contribution is -2.45. The van der Waals surface area contributed by atoms with Crippen LogP contribution in [-0.4, -0.2) is 44.6 Å². The Kier molecular flexibility index (Phi) is 5.60. The van der Waals surface area contributed by atoms with E-state index < -0.39 is 12.0 Å². The summed E-state index contributed by atoms with van der Waals surface area (Å²) in [6, 6.07) is 18.8. The number of carbonyl (C=O) groups is 2. The van der Waals surface area contributed by atoms with Crippen molar-refractivity contribution in [1.82, 2.24) is 14.7 Å². The fraction of sp³-hybridized carbons (Fsp3) is 0.200. The highest BCUT2D eigenvalue weighted by molar-refractivity contribution is 8.14. The van der Waals surface area contributed by atoms with Gasteiger partial charge in [0.25, 0.3) is 0 Å². The third-order valence-corrected chi connectivity index (χ3v) is 6.67. The SMILES string of the molecule is COC(=O)C1=C(C)N=C2SCCC(=O)N2C1c1cn(-c2ccccc2)nc1-c1ccccc1. The Morgan fingerprint density at radius 2 is 1.79 bits per heavy atom. The van der Waals surface area contributed by atoms with Gasteiger partial charge in [-0.1, -0.05) is 60.3 Å². The number of methoxy groups -OCH3 is 1. The van der Waals surface area contributed by atoms with Crippen LogP contribution in [0.1, 0.15) is 24.9 Å². The zero-order valence-electron chi connectivity index (χ0n) is 18.3. The largest absolute Gasteiger partial charge is 0.466 e. The van der Waals surface area contributed by atoms with Gasteiger partial charge in [0.05, 0.1) is 29.8 Å². The predicted molar refractivity (Wildman–Crippen MR) is 128 cm³/mol. The number of benzene rings is 2. The van der Waals surface area contributed by atoms with E-state index in [-0.39, 0.29) is 5.91 Å². The summed E-state index contributed by atoms with van der Waals surface area (Å²) in [4.78, 5) is 32.3. The van der Waals surface area contributed by atoms with E-state index >= 15 is 0 Å². The molecule has 1 amide bonds. The van der Waals surface area contributed by atoms with Crippen molar-refractivity contribution < 1.29 is 14.3 Å². The van der Waals surface area contributed by atoms with Crippen molar-refractivity contribution in [3.8, 4) is 16.9 Å². The molecular formula is C25H22N4O3S. The molecule has 1 unspecified atom stereocenters. The summed E-state index contributed by atoms with van der Waals surface area (Å²) in [6.45, 7) is 1.78. The summed E-state index contributed by atoms with van der Waals surface area (Å²) >= 11 is 1.52. The van der Waals surface area contributed by atoms with Crippen molar-refractivity contribution in [3.05, 3.63) is 83.7 Å². The fourth-order valence-electron chi connectivity index (χ4n) is 4.18. The van der Waals surface area contributed by atoms with E-state index in [4.69, 9.17) is 9.84 Å². The Hall–Kier alpha value is -3.65. The molecule has 2 aliphatic rings. The van der Waals surface area contributed by atoms with Gasteiger partial charge in [-0.3, -0.25) is 9.69 Å². The zero-order chi connectivity index (χ0) is 22.9. The number of amides is 1. The van der Waals surface area contributed by atoms with Crippen LogP contribution in [0.25, 0.3) is 16.9 Å². The van der Waals surface area contributed by atoms with Crippen LogP contribution in [0, 0.1) is 0 Å². The molecule has 0 radical (unpaired) electrons. The Bertz CT molecular complexity index is 1280. The van der Waals surface area contributed by atoms with E-state index in [0.717, 1.165) is 16.8 Å². The van der Waals surface area contributed by atoms with Gasteiger partial charge in [-0.15, -0.1) is 0 Å². The summed E-state index contributed by atoms with van der Waals surface area (Å²) in [5.41, 5.74) is 4.11. The molecule has 1 saturated heterocycles. The molecule has 0 N–H and O–H groups in total. The third-order valence-electron chi connectivity index (χ3n) is 5.72. The first kappa shape index (κ1) is 21.2. The molecule has 0 bridgehead atoms. The number of allylic oxidation sites excluding steroid dienone is 1. The first-order valence-electron chi connectivity index (χ1n) is 10.6. The van der Waals surface area contributed by atoms with Crippen LogP contribution in [0.5, 0.6) is 0 Å². The number of fused-ring (bicyclic) bond motifs is 1. The average Bonchev–Trinajstić information content (AvgIpc) is 3.29. The van der Waals surface area contributed by atoms with Crippen molar-refractivity contribution in [1.29, 1.82) is 0 Å². The Morgan fingerprint density at radius 3 is 2.48 bits per heavy atom. The number of aromatic nitrogens is 2. The monoisotopic (exact) mass is 458 g/mol. The number of thioether (sulfide) groups is 1. The summed E-state index contributed by atoms with van der Waals surface area (Å²) in [5, 5.41) is 5.50. The number of hydrogen-bond acceptors (Lipinski definition) is 6. The molecular weight excluding hydrogens is 436 g/mol. The number of hydrogen-bond donors (Lipinski definition) is 0. The molecule has 0 spiro atoms. The highest BCUT2D eigenvalue weighted by Crippen LogP contribution is 2.43. The molecule has 7 nitrogen and oxygen atoms in total. The van der Waals surface area contributed by atoms with Crippen molar-refractivity contribution in [2.45, 2.75) is 19.4 Å². The molecule has 3 aromatic rings. The quantitative estimate of drug-likeness (QED) is 0.543. The van der Waals surface area contributed by atoms with Gasteiger partial charge in [0.15, 0.2) is 5.17 Å². The molecule has 1 aromatic heterocycles. The van der Waals surface area contributed by atoms with Gasteiger partial charge in [-0.2, -0.15) is 5.10 Å². The smallest absolute Gasteiger partial charge is 0.338 e. The van der Waals surface area contributed by atoms with Crippen LogP contribution in [0.3, 0.4) is 0 Å². The lowest BCUT2D eigenvalue weighted by Gasteiger charge is -2.38. The highest BCUT2D eigenvalue weighted by atomic mass is 32.2. The average molecular weight is 459 g/mol. The number of para-hydroxylation sites is 1. The van der Waals surface area contributed by atoms with Crippen LogP contribution in [0.2, 0.25) is 0 Å². The molecule has 5 rings (SSSR count). The molecule has 2 aromatic carbocycles. The number of nitrogens with zero attached hydrogens (tertiary/aromatic N) is 4. The summed E-state index contributed by atoms with van der Waals surface area (Å²) in [5.74, 6) is 0.0873. The normalized spacial score (nSPS) is 18.1. The molecule has 8 heteroatoms. The maximum absolute atomic E-state index is 13.1. The van der Waals surface area contributed by atoms with Crippen LogP contribution in [0.15, 0.2) is 83.1 Å². The fourth-order valence-corrected chi connectivity index (χ4v) is 5.19. The number of aliphatic imine (C=N–C) groups is 1.